The minimum absolute atomic E-state index is 0.114. The second kappa shape index (κ2) is 7.95. The van der Waals surface area contributed by atoms with Crippen molar-refractivity contribution in [2.45, 2.75) is 19.1 Å². The van der Waals surface area contributed by atoms with Crippen LogP contribution in [0.2, 0.25) is 0 Å². The number of hydrogen-bond donors (Lipinski definition) is 2. The molecule has 2 saturated heterocycles. The third-order valence-corrected chi connectivity index (χ3v) is 5.65. The molecule has 0 aliphatic carbocycles. The summed E-state index contributed by atoms with van der Waals surface area (Å²) in [6, 6.07) is 9.70. The number of hydrogen-bond acceptors (Lipinski definition) is 7. The van der Waals surface area contributed by atoms with Gasteiger partial charge in [-0.1, -0.05) is 0 Å². The van der Waals surface area contributed by atoms with Crippen molar-refractivity contribution in [2.75, 3.05) is 44.3 Å². The van der Waals surface area contributed by atoms with Crippen LogP contribution in [-0.4, -0.2) is 62.5 Å². The van der Waals surface area contributed by atoms with Crippen molar-refractivity contribution >= 4 is 22.5 Å². The predicted molar refractivity (Wildman–Crippen MR) is 108 cm³/mol. The summed E-state index contributed by atoms with van der Waals surface area (Å²) in [4.78, 5) is 19.3. The Kier molecular flexibility index (Phi) is 5.37. The summed E-state index contributed by atoms with van der Waals surface area (Å²) in [5, 5.41) is 13.3. The van der Waals surface area contributed by atoms with E-state index in [1.54, 1.807) is 12.3 Å². The van der Waals surface area contributed by atoms with Gasteiger partial charge in [0.05, 0.1) is 36.9 Å². The maximum atomic E-state index is 12.8. The molecule has 2 aliphatic rings. The number of carbonyl (C=O) groups is 1. The zero-order valence-electron chi connectivity index (χ0n) is 16.4. The maximum absolute atomic E-state index is 12.8. The van der Waals surface area contributed by atoms with E-state index in [0.717, 1.165) is 11.1 Å². The molecule has 4 rings (SSSR count). The van der Waals surface area contributed by atoms with Crippen LogP contribution < -0.4 is 16.0 Å². The Hall–Kier alpha value is -2.73. The van der Waals surface area contributed by atoms with Gasteiger partial charge in [0.25, 0.3) is 5.91 Å². The van der Waals surface area contributed by atoms with E-state index in [-0.39, 0.29) is 17.4 Å². The van der Waals surface area contributed by atoms with Crippen LogP contribution in [0.15, 0.2) is 30.5 Å². The SMILES string of the molecule is C[C@@H]1CN(c2ccc(C#N)c3ncccc23)C[C@H](C(=O)NCC2(CN)COC2)O1. The first-order valence-corrected chi connectivity index (χ1v) is 9.79. The second-order valence-electron chi connectivity index (χ2n) is 7.90. The summed E-state index contributed by atoms with van der Waals surface area (Å²) in [5.41, 5.74) is 7.82. The molecular formula is C21H25N5O3. The van der Waals surface area contributed by atoms with Crippen molar-refractivity contribution in [2.24, 2.45) is 11.1 Å². The monoisotopic (exact) mass is 395 g/mol. The molecular weight excluding hydrogens is 370 g/mol. The molecule has 1 amide bonds. The first-order chi connectivity index (χ1) is 14.0. The first kappa shape index (κ1) is 19.6. The zero-order chi connectivity index (χ0) is 20.4. The topological polar surface area (TPSA) is 114 Å². The minimum atomic E-state index is -0.586. The largest absolute Gasteiger partial charge is 0.380 e. The third kappa shape index (κ3) is 3.77. The van der Waals surface area contributed by atoms with Crippen molar-refractivity contribution in [1.82, 2.24) is 10.3 Å². The highest BCUT2D eigenvalue weighted by molar-refractivity contribution is 5.95. The molecule has 8 heteroatoms. The number of nitriles is 1. The van der Waals surface area contributed by atoms with Crippen LogP contribution in [0, 0.1) is 16.7 Å². The molecule has 2 aliphatic heterocycles. The van der Waals surface area contributed by atoms with E-state index in [1.165, 1.54) is 0 Å². The molecule has 29 heavy (non-hydrogen) atoms. The average molecular weight is 395 g/mol. The summed E-state index contributed by atoms with van der Waals surface area (Å²) in [6.07, 6.45) is 0.983. The molecule has 152 valence electrons. The van der Waals surface area contributed by atoms with Crippen molar-refractivity contribution in [3.8, 4) is 6.07 Å². The zero-order valence-corrected chi connectivity index (χ0v) is 16.4. The van der Waals surface area contributed by atoms with Crippen LogP contribution in [0.25, 0.3) is 10.9 Å². The molecule has 3 heterocycles. The van der Waals surface area contributed by atoms with E-state index in [0.29, 0.717) is 50.5 Å². The van der Waals surface area contributed by atoms with Gasteiger partial charge in [-0.25, -0.2) is 0 Å². The van der Waals surface area contributed by atoms with E-state index in [9.17, 15) is 10.1 Å². The van der Waals surface area contributed by atoms with Gasteiger partial charge in [-0.05, 0) is 31.2 Å². The number of nitrogens with two attached hydrogens (primary N) is 1. The molecule has 0 unspecified atom stereocenters. The fourth-order valence-corrected chi connectivity index (χ4v) is 3.89. The lowest BCUT2D eigenvalue weighted by Crippen LogP contribution is -2.58. The number of ether oxygens (including phenoxy) is 2. The Morgan fingerprint density at radius 3 is 2.93 bits per heavy atom. The molecule has 0 saturated carbocycles. The molecule has 3 N–H and O–H groups in total. The number of nitrogens with zero attached hydrogens (tertiary/aromatic N) is 3. The first-order valence-electron chi connectivity index (χ1n) is 9.79. The van der Waals surface area contributed by atoms with E-state index < -0.39 is 6.10 Å². The summed E-state index contributed by atoms with van der Waals surface area (Å²) in [7, 11) is 0. The molecule has 2 atom stereocenters. The molecule has 8 nitrogen and oxygen atoms in total. The lowest BCUT2D eigenvalue weighted by molar-refractivity contribution is -0.142. The van der Waals surface area contributed by atoms with Gasteiger partial charge >= 0.3 is 0 Å². The van der Waals surface area contributed by atoms with Gasteiger partial charge in [-0.2, -0.15) is 5.26 Å². The summed E-state index contributed by atoms with van der Waals surface area (Å²) >= 11 is 0. The van der Waals surface area contributed by atoms with E-state index >= 15 is 0 Å². The van der Waals surface area contributed by atoms with Gasteiger partial charge in [-0.3, -0.25) is 9.78 Å². The van der Waals surface area contributed by atoms with Gasteiger partial charge in [0, 0.05) is 42.3 Å². The van der Waals surface area contributed by atoms with Gasteiger partial charge in [0.1, 0.15) is 6.07 Å². The Bertz CT molecular complexity index is 947. The Morgan fingerprint density at radius 2 is 2.24 bits per heavy atom. The van der Waals surface area contributed by atoms with Gasteiger partial charge in [0.2, 0.25) is 0 Å². The molecule has 2 fully saturated rings. The number of amides is 1. The van der Waals surface area contributed by atoms with Crippen molar-refractivity contribution < 1.29 is 14.3 Å². The predicted octanol–water partition coefficient (Wildman–Crippen LogP) is 0.792. The number of carbonyl (C=O) groups excluding carboxylic acids is 1. The standard InChI is InChI=1S/C21H25N5O3/c1-14-8-26(17-5-4-15(7-22)19-16(17)3-2-6-24-19)9-18(29-14)20(27)25-11-21(10-23)12-28-13-21/h2-6,14,18H,8-13,23H2,1H3,(H,25,27)/t14-,18-/m1/s1. The van der Waals surface area contributed by atoms with Crippen LogP contribution in [0.4, 0.5) is 5.69 Å². The highest BCUT2D eigenvalue weighted by Crippen LogP contribution is 2.30. The number of pyridine rings is 1. The quantitative estimate of drug-likeness (QED) is 0.769. The lowest BCUT2D eigenvalue weighted by Gasteiger charge is -2.41. The van der Waals surface area contributed by atoms with Gasteiger partial charge < -0.3 is 25.4 Å². The molecule has 1 aromatic carbocycles. The number of nitrogens with one attached hydrogen (secondary N) is 1. The van der Waals surface area contributed by atoms with E-state index in [1.807, 2.05) is 25.1 Å². The molecule has 0 radical (unpaired) electrons. The van der Waals surface area contributed by atoms with Crippen LogP contribution in [-0.2, 0) is 14.3 Å². The number of morpholine rings is 1. The molecule has 0 spiro atoms. The molecule has 1 aromatic heterocycles. The van der Waals surface area contributed by atoms with Crippen molar-refractivity contribution in [1.29, 1.82) is 5.26 Å². The molecule has 2 aromatic rings. The van der Waals surface area contributed by atoms with Gasteiger partial charge in [0.15, 0.2) is 6.10 Å². The fraction of sp³-hybridized carbons (Fsp3) is 0.476. The third-order valence-electron chi connectivity index (χ3n) is 5.65. The van der Waals surface area contributed by atoms with Crippen molar-refractivity contribution in [3.63, 3.8) is 0 Å². The van der Waals surface area contributed by atoms with Crippen LogP contribution in [0.5, 0.6) is 0 Å². The van der Waals surface area contributed by atoms with Crippen LogP contribution in [0.3, 0.4) is 0 Å². The number of fused-ring (bicyclic) bond motifs is 1. The Morgan fingerprint density at radius 1 is 1.41 bits per heavy atom. The highest BCUT2D eigenvalue weighted by atomic mass is 16.5. The number of rotatable bonds is 5. The van der Waals surface area contributed by atoms with Crippen molar-refractivity contribution in [3.05, 3.63) is 36.0 Å². The Labute approximate surface area is 169 Å². The Balaban J connectivity index is 1.53. The lowest BCUT2D eigenvalue weighted by atomic mass is 9.86. The van der Waals surface area contributed by atoms with Gasteiger partial charge in [-0.15, -0.1) is 0 Å². The number of anilines is 1. The molecule has 0 bridgehead atoms. The maximum Gasteiger partial charge on any atom is 0.251 e. The van der Waals surface area contributed by atoms with Crippen LogP contribution in [0.1, 0.15) is 12.5 Å². The fourth-order valence-electron chi connectivity index (χ4n) is 3.89. The second-order valence-corrected chi connectivity index (χ2v) is 7.90. The summed E-state index contributed by atoms with van der Waals surface area (Å²) in [6.45, 7) is 5.14. The normalized spacial score (nSPS) is 23.3. The summed E-state index contributed by atoms with van der Waals surface area (Å²) in [5.74, 6) is -0.141. The number of benzene rings is 1. The van der Waals surface area contributed by atoms with E-state index in [4.69, 9.17) is 15.2 Å². The van der Waals surface area contributed by atoms with Crippen LogP contribution >= 0.6 is 0 Å². The average Bonchev–Trinajstić information content (AvgIpc) is 2.71. The smallest absolute Gasteiger partial charge is 0.251 e. The minimum Gasteiger partial charge on any atom is -0.380 e. The summed E-state index contributed by atoms with van der Waals surface area (Å²) < 4.78 is 11.2. The highest BCUT2D eigenvalue weighted by Gasteiger charge is 2.39. The van der Waals surface area contributed by atoms with E-state index in [2.05, 4.69) is 21.3 Å². The number of aromatic nitrogens is 1.